The first-order chi connectivity index (χ1) is 7.27. The maximum atomic E-state index is 3.72. The van der Waals surface area contributed by atoms with E-state index in [2.05, 4.69) is 59.0 Å². The van der Waals surface area contributed by atoms with Crippen molar-refractivity contribution in [3.05, 3.63) is 47.0 Å². The Morgan fingerprint density at radius 3 is 2.60 bits per heavy atom. The summed E-state index contributed by atoms with van der Waals surface area (Å²) in [5, 5.41) is 3.52. The van der Waals surface area contributed by atoms with Crippen LogP contribution in [0.4, 0.5) is 0 Å². The Balaban J connectivity index is 2.57. The van der Waals surface area contributed by atoms with Crippen molar-refractivity contribution in [3.63, 3.8) is 0 Å². The molecular formula is C13H18BrN. The first-order valence-corrected chi connectivity index (χ1v) is 6.17. The van der Waals surface area contributed by atoms with Gasteiger partial charge in [0.2, 0.25) is 0 Å². The van der Waals surface area contributed by atoms with Gasteiger partial charge in [-0.15, -0.1) is 6.58 Å². The van der Waals surface area contributed by atoms with Crippen molar-refractivity contribution in [3.8, 4) is 0 Å². The molecule has 0 aromatic heterocycles. The summed E-state index contributed by atoms with van der Waals surface area (Å²) in [6.07, 6.45) is 4.08. The largest absolute Gasteiger partial charge is 0.310 e. The Morgan fingerprint density at radius 1 is 1.40 bits per heavy atom. The van der Waals surface area contributed by atoms with E-state index >= 15 is 0 Å². The van der Waals surface area contributed by atoms with E-state index in [0.717, 1.165) is 23.9 Å². The molecular weight excluding hydrogens is 250 g/mol. The van der Waals surface area contributed by atoms with Gasteiger partial charge in [0.1, 0.15) is 0 Å². The minimum atomic E-state index is 0.457. The van der Waals surface area contributed by atoms with E-state index in [-0.39, 0.29) is 0 Å². The van der Waals surface area contributed by atoms with Crippen molar-refractivity contribution < 1.29 is 0 Å². The summed E-state index contributed by atoms with van der Waals surface area (Å²) < 4.78 is 1.13. The molecule has 0 spiro atoms. The quantitative estimate of drug-likeness (QED) is 0.606. The van der Waals surface area contributed by atoms with Gasteiger partial charge in [-0.1, -0.05) is 41.1 Å². The van der Waals surface area contributed by atoms with Gasteiger partial charge in [-0.25, -0.2) is 0 Å². The molecule has 0 fully saturated rings. The van der Waals surface area contributed by atoms with Crippen LogP contribution in [0.2, 0.25) is 0 Å². The third kappa shape index (κ3) is 4.18. The number of benzene rings is 1. The zero-order chi connectivity index (χ0) is 11.1. The van der Waals surface area contributed by atoms with E-state index in [1.807, 2.05) is 6.08 Å². The Bertz CT molecular complexity index is 292. The second-order valence-corrected chi connectivity index (χ2v) is 4.46. The number of halogens is 1. The van der Waals surface area contributed by atoms with E-state index in [4.69, 9.17) is 0 Å². The van der Waals surface area contributed by atoms with Crippen molar-refractivity contribution in [2.24, 2.45) is 0 Å². The highest BCUT2D eigenvalue weighted by Crippen LogP contribution is 2.19. The first kappa shape index (κ1) is 12.5. The van der Waals surface area contributed by atoms with Crippen LogP contribution in [0.15, 0.2) is 41.4 Å². The van der Waals surface area contributed by atoms with Crippen molar-refractivity contribution in [1.82, 2.24) is 5.32 Å². The molecule has 2 heteroatoms. The van der Waals surface area contributed by atoms with E-state index in [1.54, 1.807) is 0 Å². The molecule has 0 amide bonds. The number of hydrogen-bond donors (Lipinski definition) is 1. The summed E-state index contributed by atoms with van der Waals surface area (Å²) in [7, 11) is 0. The van der Waals surface area contributed by atoms with Gasteiger partial charge in [0.25, 0.3) is 0 Å². The Labute approximate surface area is 101 Å². The average molecular weight is 268 g/mol. The molecule has 1 nitrogen and oxygen atoms in total. The molecule has 82 valence electrons. The van der Waals surface area contributed by atoms with Crippen LogP contribution < -0.4 is 5.32 Å². The van der Waals surface area contributed by atoms with E-state index in [0.29, 0.717) is 6.04 Å². The van der Waals surface area contributed by atoms with Gasteiger partial charge >= 0.3 is 0 Å². The maximum absolute atomic E-state index is 3.72. The van der Waals surface area contributed by atoms with Gasteiger partial charge in [-0.3, -0.25) is 0 Å². The highest BCUT2D eigenvalue weighted by Gasteiger charge is 2.06. The van der Waals surface area contributed by atoms with Crippen LogP contribution in [-0.4, -0.2) is 6.54 Å². The molecule has 0 aliphatic rings. The average Bonchev–Trinajstić information content (AvgIpc) is 2.26. The monoisotopic (exact) mass is 267 g/mol. The van der Waals surface area contributed by atoms with E-state index in [9.17, 15) is 0 Å². The van der Waals surface area contributed by atoms with Crippen LogP contribution >= 0.6 is 15.9 Å². The molecule has 1 atom stereocenters. The summed E-state index contributed by atoms with van der Waals surface area (Å²) >= 11 is 3.45. The fourth-order valence-corrected chi connectivity index (χ4v) is 1.82. The van der Waals surface area contributed by atoms with Gasteiger partial charge in [0.15, 0.2) is 0 Å². The predicted molar refractivity (Wildman–Crippen MR) is 70.0 cm³/mol. The summed E-state index contributed by atoms with van der Waals surface area (Å²) in [6.45, 7) is 6.92. The predicted octanol–water partition coefficient (Wildman–Crippen LogP) is 4.07. The summed E-state index contributed by atoms with van der Waals surface area (Å²) in [5.41, 5.74) is 1.35. The van der Waals surface area contributed by atoms with Crippen molar-refractivity contribution in [2.75, 3.05) is 6.54 Å². The van der Waals surface area contributed by atoms with Crippen LogP contribution in [-0.2, 0) is 0 Å². The van der Waals surface area contributed by atoms with Gasteiger partial charge in [-0.2, -0.15) is 0 Å². The Morgan fingerprint density at radius 2 is 2.07 bits per heavy atom. The minimum Gasteiger partial charge on any atom is -0.310 e. The molecule has 1 aromatic carbocycles. The van der Waals surface area contributed by atoms with Gasteiger partial charge in [-0.05, 0) is 37.1 Å². The molecule has 0 radical (unpaired) electrons. The normalized spacial score (nSPS) is 12.4. The van der Waals surface area contributed by atoms with Gasteiger partial charge < -0.3 is 5.32 Å². The Hall–Kier alpha value is -0.600. The molecule has 0 bridgehead atoms. The van der Waals surface area contributed by atoms with Gasteiger partial charge in [0, 0.05) is 10.5 Å². The topological polar surface area (TPSA) is 12.0 Å². The lowest BCUT2D eigenvalue weighted by Gasteiger charge is -2.16. The second-order valence-electron chi connectivity index (χ2n) is 3.54. The fraction of sp³-hybridized carbons (Fsp3) is 0.385. The molecule has 0 heterocycles. The fourth-order valence-electron chi connectivity index (χ4n) is 1.55. The highest BCUT2D eigenvalue weighted by atomic mass is 79.9. The molecule has 1 rings (SSSR count). The molecule has 1 N–H and O–H groups in total. The number of hydrogen-bond acceptors (Lipinski definition) is 1. The lowest BCUT2D eigenvalue weighted by atomic mass is 10.0. The standard InChI is InChI=1S/C13H18BrN/c1-3-5-10-15-13(4-2)11-6-8-12(14)9-7-11/h3,6-9,13,15H,1,4-5,10H2,2H3. The minimum absolute atomic E-state index is 0.457. The molecule has 1 aromatic rings. The Kier molecular flexibility index (Phi) is 5.66. The maximum Gasteiger partial charge on any atom is 0.0317 e. The van der Waals surface area contributed by atoms with Gasteiger partial charge in [0.05, 0.1) is 0 Å². The molecule has 0 aliphatic heterocycles. The first-order valence-electron chi connectivity index (χ1n) is 5.37. The third-order valence-corrected chi connectivity index (χ3v) is 2.95. The number of nitrogens with one attached hydrogen (secondary N) is 1. The van der Waals surface area contributed by atoms with Crippen LogP contribution in [0.25, 0.3) is 0 Å². The summed E-state index contributed by atoms with van der Waals surface area (Å²) in [6, 6.07) is 8.97. The van der Waals surface area contributed by atoms with Crippen LogP contribution in [0, 0.1) is 0 Å². The number of rotatable bonds is 6. The molecule has 0 saturated heterocycles. The van der Waals surface area contributed by atoms with Crippen molar-refractivity contribution in [1.29, 1.82) is 0 Å². The van der Waals surface area contributed by atoms with Crippen molar-refractivity contribution >= 4 is 15.9 Å². The summed E-state index contributed by atoms with van der Waals surface area (Å²) in [4.78, 5) is 0. The van der Waals surface area contributed by atoms with Crippen molar-refractivity contribution in [2.45, 2.75) is 25.8 Å². The second kappa shape index (κ2) is 6.81. The lowest BCUT2D eigenvalue weighted by Crippen LogP contribution is -2.21. The molecule has 15 heavy (non-hydrogen) atoms. The zero-order valence-corrected chi connectivity index (χ0v) is 10.8. The smallest absolute Gasteiger partial charge is 0.0317 e. The van der Waals surface area contributed by atoms with Crippen LogP contribution in [0.1, 0.15) is 31.4 Å². The lowest BCUT2D eigenvalue weighted by molar-refractivity contribution is 0.525. The van der Waals surface area contributed by atoms with E-state index in [1.165, 1.54) is 5.56 Å². The third-order valence-electron chi connectivity index (χ3n) is 2.42. The molecule has 0 saturated carbocycles. The van der Waals surface area contributed by atoms with Crippen LogP contribution in [0.3, 0.4) is 0 Å². The SMILES string of the molecule is C=CCCNC(CC)c1ccc(Br)cc1. The van der Waals surface area contributed by atoms with Crippen LogP contribution in [0.5, 0.6) is 0 Å². The molecule has 0 aliphatic carbocycles. The summed E-state index contributed by atoms with van der Waals surface area (Å²) in [5.74, 6) is 0. The van der Waals surface area contributed by atoms with E-state index < -0.39 is 0 Å². The molecule has 1 unspecified atom stereocenters. The zero-order valence-electron chi connectivity index (χ0n) is 9.17. The highest BCUT2D eigenvalue weighted by molar-refractivity contribution is 9.10.